The van der Waals surface area contributed by atoms with Gasteiger partial charge in [-0.05, 0) is 63.3 Å². The number of carbonyl (C=O) groups is 1. The maximum Gasteiger partial charge on any atom is 0.155 e. The second-order valence-electron chi connectivity index (χ2n) is 10.8. The van der Waals surface area contributed by atoms with Gasteiger partial charge in [0.2, 0.25) is 0 Å². The number of piperazine rings is 1. The zero-order valence-electron chi connectivity index (χ0n) is 21.4. The Morgan fingerprint density at radius 2 is 1.63 bits per heavy atom. The molecule has 0 spiro atoms. The minimum Gasteiger partial charge on any atom is -0.489 e. The van der Waals surface area contributed by atoms with E-state index in [1.54, 1.807) is 0 Å². The smallest absolute Gasteiger partial charge is 0.155 e. The summed E-state index contributed by atoms with van der Waals surface area (Å²) in [5, 5.41) is 3.79. The quantitative estimate of drug-likeness (QED) is 0.570. The van der Waals surface area contributed by atoms with Crippen molar-refractivity contribution in [2.24, 2.45) is 5.92 Å². The Morgan fingerprint density at radius 3 is 2.40 bits per heavy atom. The Balaban J connectivity index is 1.33. The van der Waals surface area contributed by atoms with Gasteiger partial charge in [-0.2, -0.15) is 0 Å². The van der Waals surface area contributed by atoms with Gasteiger partial charge >= 0.3 is 0 Å². The maximum absolute atomic E-state index is 14.0. The topological polar surface area (TPSA) is 44.8 Å². The molecular weight excluding hydrogens is 434 g/mol. The van der Waals surface area contributed by atoms with Crippen LogP contribution < -0.4 is 15.0 Å². The molecule has 1 aliphatic carbocycles. The maximum atomic E-state index is 14.0. The number of ketones is 1. The molecule has 0 amide bonds. The van der Waals surface area contributed by atoms with Gasteiger partial charge in [-0.3, -0.25) is 9.69 Å². The first-order valence-electron chi connectivity index (χ1n) is 13.7. The summed E-state index contributed by atoms with van der Waals surface area (Å²) in [6, 6.07) is 17.1. The highest BCUT2D eigenvalue weighted by molar-refractivity contribution is 5.88. The normalized spacial score (nSPS) is 22.4. The van der Waals surface area contributed by atoms with Crippen LogP contribution in [0.15, 0.2) is 48.5 Å². The van der Waals surface area contributed by atoms with Gasteiger partial charge in [-0.15, -0.1) is 0 Å². The Bertz CT molecular complexity index is 993. The summed E-state index contributed by atoms with van der Waals surface area (Å²) < 4.78 is 6.10. The summed E-state index contributed by atoms with van der Waals surface area (Å²) in [7, 11) is 0. The molecule has 1 saturated carbocycles. The average Bonchev–Trinajstić information content (AvgIpc) is 2.90. The fraction of sp³-hybridized carbons (Fsp3) is 0.567. The highest BCUT2D eigenvalue weighted by atomic mass is 16.5. The molecule has 2 aliphatic heterocycles. The average molecular weight is 476 g/mol. The van der Waals surface area contributed by atoms with E-state index < -0.39 is 0 Å². The van der Waals surface area contributed by atoms with Crippen LogP contribution in [0.1, 0.15) is 57.9 Å². The van der Waals surface area contributed by atoms with E-state index in [9.17, 15) is 4.79 Å². The molecule has 1 N–H and O–H groups in total. The van der Waals surface area contributed by atoms with E-state index in [4.69, 9.17) is 4.74 Å². The van der Waals surface area contributed by atoms with Crippen LogP contribution in [0.4, 0.5) is 11.4 Å². The Morgan fingerprint density at radius 1 is 0.914 bits per heavy atom. The summed E-state index contributed by atoms with van der Waals surface area (Å²) in [4.78, 5) is 18.9. The lowest BCUT2D eigenvalue weighted by atomic mass is 9.80. The third-order valence-electron chi connectivity index (χ3n) is 8.04. The number of rotatable bonds is 7. The van der Waals surface area contributed by atoms with E-state index in [2.05, 4.69) is 71.4 Å². The van der Waals surface area contributed by atoms with E-state index >= 15 is 0 Å². The number of hydrogen-bond acceptors (Lipinski definition) is 5. The summed E-state index contributed by atoms with van der Waals surface area (Å²) in [5.41, 5.74) is 3.75. The molecule has 2 unspecified atom stereocenters. The summed E-state index contributed by atoms with van der Waals surface area (Å²) in [5.74, 6) is 1.67. The van der Waals surface area contributed by atoms with Crippen molar-refractivity contribution in [1.29, 1.82) is 0 Å². The number of Topliss-reactive ketones (excluding diaryl/α,β-unsaturated/α-hetero) is 1. The standard InChI is InChI=1S/C30H41N3O2/c1-22(2)35-28-15-9-8-14-27(28)32-18-20-33(21-19-32)29(30(34)24-11-4-3-5-12-24)26-17-16-23-10-6-7-13-25(23)31-26/h6-10,13-15,22,24,26,29,31H,3-5,11-12,16-21H2,1-2H3. The van der Waals surface area contributed by atoms with Gasteiger partial charge < -0.3 is 15.0 Å². The number of nitrogens with zero attached hydrogens (tertiary/aromatic N) is 2. The first kappa shape index (κ1) is 24.2. The van der Waals surface area contributed by atoms with Gasteiger partial charge in [-0.25, -0.2) is 0 Å². The molecule has 2 fully saturated rings. The van der Waals surface area contributed by atoms with Crippen LogP contribution in [0.2, 0.25) is 0 Å². The lowest BCUT2D eigenvalue weighted by Crippen LogP contribution is -2.60. The lowest BCUT2D eigenvalue weighted by Gasteiger charge is -2.45. The Hall–Kier alpha value is -2.53. The van der Waals surface area contributed by atoms with Crippen LogP contribution in [0, 0.1) is 5.92 Å². The second-order valence-corrected chi connectivity index (χ2v) is 10.8. The van der Waals surface area contributed by atoms with Crippen molar-refractivity contribution in [3.05, 3.63) is 54.1 Å². The number of hydrogen-bond donors (Lipinski definition) is 1. The molecular formula is C30H41N3O2. The highest BCUT2D eigenvalue weighted by Gasteiger charge is 2.40. The third-order valence-corrected chi connectivity index (χ3v) is 8.04. The monoisotopic (exact) mass is 475 g/mol. The number of benzene rings is 2. The number of fused-ring (bicyclic) bond motifs is 1. The van der Waals surface area contributed by atoms with Crippen molar-refractivity contribution < 1.29 is 9.53 Å². The van der Waals surface area contributed by atoms with Crippen molar-refractivity contribution in [2.75, 3.05) is 36.4 Å². The van der Waals surface area contributed by atoms with Crippen molar-refractivity contribution in [1.82, 2.24) is 4.90 Å². The van der Waals surface area contributed by atoms with Crippen molar-refractivity contribution >= 4 is 17.2 Å². The molecule has 3 aliphatic rings. The summed E-state index contributed by atoms with van der Waals surface area (Å²) >= 11 is 0. The number of nitrogens with one attached hydrogen (secondary N) is 1. The zero-order valence-corrected chi connectivity index (χ0v) is 21.4. The molecule has 5 nitrogen and oxygen atoms in total. The largest absolute Gasteiger partial charge is 0.489 e. The summed E-state index contributed by atoms with van der Waals surface area (Å²) in [6.45, 7) is 7.78. The summed E-state index contributed by atoms with van der Waals surface area (Å²) in [6.07, 6.45) is 8.02. The molecule has 5 heteroatoms. The molecule has 2 aromatic carbocycles. The van der Waals surface area contributed by atoms with Crippen LogP contribution in [0.5, 0.6) is 5.75 Å². The second kappa shape index (κ2) is 11.0. The van der Waals surface area contributed by atoms with Gasteiger partial charge in [0.15, 0.2) is 5.78 Å². The van der Waals surface area contributed by atoms with Gasteiger partial charge in [0, 0.05) is 43.8 Å². The molecule has 0 radical (unpaired) electrons. The number of carbonyl (C=O) groups excluding carboxylic acids is 1. The molecule has 5 rings (SSSR count). The first-order valence-corrected chi connectivity index (χ1v) is 13.7. The fourth-order valence-corrected chi connectivity index (χ4v) is 6.27. The number of aryl methyl sites for hydroxylation is 1. The third kappa shape index (κ3) is 5.50. The predicted molar refractivity (Wildman–Crippen MR) is 144 cm³/mol. The molecule has 188 valence electrons. The number of para-hydroxylation sites is 3. The SMILES string of the molecule is CC(C)Oc1ccccc1N1CCN(C(C(=O)C2CCCCC2)C2CCc3ccccc3N2)CC1. The van der Waals surface area contributed by atoms with Crippen molar-refractivity contribution in [2.45, 2.75) is 77.0 Å². The van der Waals surface area contributed by atoms with Crippen LogP contribution in [0.25, 0.3) is 0 Å². The van der Waals surface area contributed by atoms with Crippen LogP contribution >= 0.6 is 0 Å². The van der Waals surface area contributed by atoms with Crippen molar-refractivity contribution in [3.63, 3.8) is 0 Å². The highest BCUT2D eigenvalue weighted by Crippen LogP contribution is 2.34. The van der Waals surface area contributed by atoms with Crippen LogP contribution in [-0.2, 0) is 11.2 Å². The lowest BCUT2D eigenvalue weighted by molar-refractivity contribution is -0.130. The van der Waals surface area contributed by atoms with Gasteiger partial charge in [0.25, 0.3) is 0 Å². The van der Waals surface area contributed by atoms with E-state index in [0.29, 0.717) is 5.78 Å². The molecule has 2 atom stereocenters. The number of ether oxygens (including phenoxy) is 1. The molecule has 0 aromatic heterocycles. The van der Waals surface area contributed by atoms with Gasteiger partial charge in [-0.1, -0.05) is 49.6 Å². The number of anilines is 2. The van der Waals surface area contributed by atoms with Crippen LogP contribution in [0.3, 0.4) is 0 Å². The molecule has 1 saturated heterocycles. The Kier molecular flexibility index (Phi) is 7.62. The van der Waals surface area contributed by atoms with Crippen LogP contribution in [-0.4, -0.2) is 55.0 Å². The fourth-order valence-electron chi connectivity index (χ4n) is 6.27. The van der Waals surface area contributed by atoms with E-state index in [1.165, 1.54) is 36.2 Å². The Labute approximate surface area is 210 Å². The zero-order chi connectivity index (χ0) is 24.2. The van der Waals surface area contributed by atoms with Crippen molar-refractivity contribution in [3.8, 4) is 5.75 Å². The minimum absolute atomic E-state index is 0.0456. The molecule has 2 heterocycles. The predicted octanol–water partition coefficient (Wildman–Crippen LogP) is 5.54. The van der Waals surface area contributed by atoms with Gasteiger partial charge in [0.05, 0.1) is 17.8 Å². The minimum atomic E-state index is -0.0456. The van der Waals surface area contributed by atoms with E-state index in [-0.39, 0.29) is 24.1 Å². The molecule has 0 bridgehead atoms. The first-order chi connectivity index (χ1) is 17.1. The molecule has 2 aromatic rings. The van der Waals surface area contributed by atoms with Gasteiger partial charge in [0.1, 0.15) is 5.75 Å². The molecule has 35 heavy (non-hydrogen) atoms. The van der Waals surface area contributed by atoms with E-state index in [0.717, 1.165) is 57.6 Å². The van der Waals surface area contributed by atoms with E-state index in [1.807, 2.05) is 6.07 Å².